The zero-order chi connectivity index (χ0) is 12.7. The Kier molecular flexibility index (Phi) is 2.78. The van der Waals surface area contributed by atoms with E-state index in [0.29, 0.717) is 0 Å². The fraction of sp³-hybridized carbons (Fsp3) is 0.250. The van der Waals surface area contributed by atoms with Gasteiger partial charge in [-0.2, -0.15) is 26.3 Å². The molecule has 90 valence electrons. The van der Waals surface area contributed by atoms with E-state index in [1.165, 1.54) is 0 Å². The summed E-state index contributed by atoms with van der Waals surface area (Å²) in [7, 11) is 0. The van der Waals surface area contributed by atoms with Crippen molar-refractivity contribution in [3.63, 3.8) is 0 Å². The van der Waals surface area contributed by atoms with Crippen molar-refractivity contribution in [2.45, 2.75) is 12.4 Å². The summed E-state index contributed by atoms with van der Waals surface area (Å²) in [5.74, 6) is -3.82. The summed E-state index contributed by atoms with van der Waals surface area (Å²) in [4.78, 5) is 0. The summed E-state index contributed by atoms with van der Waals surface area (Å²) in [5, 5.41) is 8.61. The summed E-state index contributed by atoms with van der Waals surface area (Å²) in [6, 6.07) is 0.189. The summed E-state index contributed by atoms with van der Waals surface area (Å²) in [6.07, 6.45) is -10.9. The molecular formula is C8H3F7O. The van der Waals surface area contributed by atoms with E-state index in [9.17, 15) is 30.7 Å². The average Bonchev–Trinajstić information content (AvgIpc) is 2.05. The van der Waals surface area contributed by atoms with Crippen molar-refractivity contribution in [3.8, 4) is 5.75 Å². The molecule has 0 heterocycles. The van der Waals surface area contributed by atoms with Gasteiger partial charge in [0, 0.05) is 0 Å². The molecule has 0 aliphatic heterocycles. The second-order valence-corrected chi connectivity index (χ2v) is 2.82. The normalized spacial score (nSPS) is 12.9. The molecule has 8 heteroatoms. The molecule has 0 amide bonds. The highest BCUT2D eigenvalue weighted by Gasteiger charge is 2.46. The maximum Gasteiger partial charge on any atom is 0.419 e. The van der Waals surface area contributed by atoms with Crippen molar-refractivity contribution in [2.24, 2.45) is 0 Å². The van der Waals surface area contributed by atoms with E-state index in [4.69, 9.17) is 5.11 Å². The van der Waals surface area contributed by atoms with Gasteiger partial charge >= 0.3 is 12.4 Å². The summed E-state index contributed by atoms with van der Waals surface area (Å²) in [6.45, 7) is 0. The van der Waals surface area contributed by atoms with E-state index >= 15 is 0 Å². The molecule has 0 aliphatic carbocycles. The number of phenols is 1. The van der Waals surface area contributed by atoms with Gasteiger partial charge in [0.2, 0.25) is 0 Å². The van der Waals surface area contributed by atoms with E-state index in [-0.39, 0.29) is 12.1 Å². The molecule has 0 aromatic heterocycles. The standard InChI is InChI=1S/C8H3F7O/c9-6-4(16)2-1-3(7(10,11)12)5(6)8(13,14)15/h1-2,16H. The number of alkyl halides is 6. The number of rotatable bonds is 0. The Labute approximate surface area is 84.1 Å². The summed E-state index contributed by atoms with van der Waals surface area (Å²) >= 11 is 0. The number of halogens is 7. The molecule has 0 spiro atoms. The molecule has 0 atom stereocenters. The highest BCUT2D eigenvalue weighted by Crippen LogP contribution is 2.43. The van der Waals surface area contributed by atoms with Gasteiger partial charge in [-0.15, -0.1) is 0 Å². The highest BCUT2D eigenvalue weighted by atomic mass is 19.4. The Morgan fingerprint density at radius 3 is 1.75 bits per heavy atom. The van der Waals surface area contributed by atoms with Gasteiger partial charge in [-0.25, -0.2) is 4.39 Å². The molecule has 1 aromatic rings. The Balaban J connectivity index is 3.59. The molecule has 16 heavy (non-hydrogen) atoms. The van der Waals surface area contributed by atoms with Crippen LogP contribution in [0.15, 0.2) is 12.1 Å². The first-order chi connectivity index (χ1) is 7.05. The fourth-order valence-corrected chi connectivity index (χ4v) is 1.08. The smallest absolute Gasteiger partial charge is 0.419 e. The average molecular weight is 248 g/mol. The van der Waals surface area contributed by atoms with Crippen LogP contribution in [0.25, 0.3) is 0 Å². The topological polar surface area (TPSA) is 20.2 Å². The van der Waals surface area contributed by atoms with Crippen molar-refractivity contribution >= 4 is 0 Å². The first kappa shape index (κ1) is 12.6. The van der Waals surface area contributed by atoms with Crippen LogP contribution in [0.3, 0.4) is 0 Å². The Morgan fingerprint density at radius 2 is 1.38 bits per heavy atom. The van der Waals surface area contributed by atoms with Crippen molar-refractivity contribution < 1.29 is 35.8 Å². The van der Waals surface area contributed by atoms with E-state index in [1.54, 1.807) is 0 Å². The number of phenolic OH excluding ortho intramolecular Hbond substituents is 1. The summed E-state index contributed by atoms with van der Waals surface area (Å²) < 4.78 is 85.8. The number of benzene rings is 1. The van der Waals surface area contributed by atoms with Crippen molar-refractivity contribution in [2.75, 3.05) is 0 Å². The first-order valence-corrected chi connectivity index (χ1v) is 3.71. The predicted molar refractivity (Wildman–Crippen MR) is 38.1 cm³/mol. The van der Waals surface area contributed by atoms with Crippen molar-refractivity contribution in [1.29, 1.82) is 0 Å². The minimum absolute atomic E-state index is 0.0266. The quantitative estimate of drug-likeness (QED) is 0.696. The van der Waals surface area contributed by atoms with Crippen LogP contribution in [0.1, 0.15) is 11.1 Å². The molecule has 1 rings (SSSR count). The van der Waals surface area contributed by atoms with Crippen LogP contribution in [0, 0.1) is 5.82 Å². The van der Waals surface area contributed by atoms with Crippen LogP contribution < -0.4 is 0 Å². The first-order valence-electron chi connectivity index (χ1n) is 3.71. The van der Waals surface area contributed by atoms with E-state index in [1.807, 2.05) is 0 Å². The van der Waals surface area contributed by atoms with Crippen molar-refractivity contribution in [3.05, 3.63) is 29.1 Å². The molecular weight excluding hydrogens is 245 g/mol. The van der Waals surface area contributed by atoms with Crippen molar-refractivity contribution in [1.82, 2.24) is 0 Å². The van der Waals surface area contributed by atoms with E-state index in [0.717, 1.165) is 0 Å². The minimum atomic E-state index is -5.53. The number of aromatic hydroxyl groups is 1. The lowest BCUT2D eigenvalue weighted by Gasteiger charge is -2.16. The molecule has 0 saturated carbocycles. The minimum Gasteiger partial charge on any atom is -0.505 e. The maximum atomic E-state index is 12.8. The Hall–Kier alpha value is -1.47. The van der Waals surface area contributed by atoms with Crippen LogP contribution in [0.5, 0.6) is 5.75 Å². The second-order valence-electron chi connectivity index (χ2n) is 2.82. The lowest BCUT2D eigenvalue weighted by atomic mass is 10.1. The molecule has 0 aliphatic rings. The van der Waals surface area contributed by atoms with Gasteiger partial charge in [-0.3, -0.25) is 0 Å². The lowest BCUT2D eigenvalue weighted by molar-refractivity contribution is -0.164. The van der Waals surface area contributed by atoms with Gasteiger partial charge < -0.3 is 5.11 Å². The van der Waals surface area contributed by atoms with Gasteiger partial charge in [-0.1, -0.05) is 0 Å². The zero-order valence-corrected chi connectivity index (χ0v) is 7.25. The molecule has 0 saturated heterocycles. The van der Waals surface area contributed by atoms with Gasteiger partial charge in [0.15, 0.2) is 11.6 Å². The van der Waals surface area contributed by atoms with E-state index in [2.05, 4.69) is 0 Å². The SMILES string of the molecule is Oc1ccc(C(F)(F)F)c(C(F)(F)F)c1F. The van der Waals surface area contributed by atoms with E-state index < -0.39 is 35.0 Å². The van der Waals surface area contributed by atoms with Gasteiger partial charge in [0.1, 0.15) is 5.56 Å². The zero-order valence-electron chi connectivity index (χ0n) is 7.25. The Morgan fingerprint density at radius 1 is 0.875 bits per heavy atom. The molecule has 1 aromatic carbocycles. The van der Waals surface area contributed by atoms with Crippen LogP contribution >= 0.6 is 0 Å². The van der Waals surface area contributed by atoms with Crippen LogP contribution in [0.2, 0.25) is 0 Å². The maximum absolute atomic E-state index is 12.8. The monoisotopic (exact) mass is 248 g/mol. The molecule has 0 unspecified atom stereocenters. The molecule has 0 fully saturated rings. The summed E-state index contributed by atoms with van der Waals surface area (Å²) in [5.41, 5.74) is -4.68. The lowest BCUT2D eigenvalue weighted by Crippen LogP contribution is -2.18. The fourth-order valence-electron chi connectivity index (χ4n) is 1.08. The van der Waals surface area contributed by atoms with Gasteiger partial charge in [0.05, 0.1) is 5.56 Å². The molecule has 1 nitrogen and oxygen atoms in total. The predicted octanol–water partition coefficient (Wildman–Crippen LogP) is 3.57. The van der Waals surface area contributed by atoms with Crippen LogP contribution in [-0.4, -0.2) is 5.11 Å². The molecule has 0 bridgehead atoms. The third-order valence-electron chi connectivity index (χ3n) is 1.71. The largest absolute Gasteiger partial charge is 0.505 e. The molecule has 1 N–H and O–H groups in total. The van der Waals surface area contributed by atoms with Crippen LogP contribution in [0.4, 0.5) is 30.7 Å². The third-order valence-corrected chi connectivity index (χ3v) is 1.71. The highest BCUT2D eigenvalue weighted by molar-refractivity contribution is 5.40. The van der Waals surface area contributed by atoms with Gasteiger partial charge in [-0.05, 0) is 12.1 Å². The number of hydrogen-bond acceptors (Lipinski definition) is 1. The number of hydrogen-bond donors (Lipinski definition) is 1. The molecule has 0 radical (unpaired) electrons. The third kappa shape index (κ3) is 2.20. The van der Waals surface area contributed by atoms with Crippen LogP contribution in [-0.2, 0) is 12.4 Å². The second kappa shape index (κ2) is 3.53. The van der Waals surface area contributed by atoms with Gasteiger partial charge in [0.25, 0.3) is 0 Å². The Bertz CT molecular complexity index is 404.